The number of rotatable bonds is 4. The number of halogens is 1. The van der Waals surface area contributed by atoms with Gasteiger partial charge in [0.2, 0.25) is 0 Å². The third kappa shape index (κ3) is 3.56. The maximum atomic E-state index is 5.47. The summed E-state index contributed by atoms with van der Waals surface area (Å²) in [5.41, 5.74) is 2.71. The molecule has 1 aliphatic heterocycles. The van der Waals surface area contributed by atoms with Crippen LogP contribution >= 0.6 is 15.9 Å². The minimum Gasteiger partial charge on any atom is -0.381 e. The quantitative estimate of drug-likeness (QED) is 0.912. The smallest absolute Gasteiger partial charge is 0.0469 e. The molecule has 1 saturated heterocycles. The summed E-state index contributed by atoms with van der Waals surface area (Å²) >= 11 is 3.60. The summed E-state index contributed by atoms with van der Waals surface area (Å²) in [6.07, 6.45) is 2.31. The summed E-state index contributed by atoms with van der Waals surface area (Å²) < 4.78 is 6.65. The maximum absolute atomic E-state index is 5.47. The second-order valence-corrected chi connectivity index (χ2v) is 5.96. The number of benzene rings is 1. The van der Waals surface area contributed by atoms with Gasteiger partial charge in [-0.2, -0.15) is 0 Å². The van der Waals surface area contributed by atoms with Crippen molar-refractivity contribution in [1.29, 1.82) is 0 Å². The predicted octanol–water partition coefficient (Wildman–Crippen LogP) is 3.83. The molecule has 1 heterocycles. The third-order valence-electron chi connectivity index (χ3n) is 3.58. The Hall–Kier alpha value is -0.380. The predicted molar refractivity (Wildman–Crippen MR) is 78.8 cm³/mol. The highest BCUT2D eigenvalue weighted by Gasteiger charge is 2.24. The topological polar surface area (TPSA) is 21.3 Å². The van der Waals surface area contributed by atoms with E-state index in [4.69, 9.17) is 4.74 Å². The first kappa shape index (κ1) is 14.0. The zero-order valence-electron chi connectivity index (χ0n) is 11.2. The molecule has 1 unspecified atom stereocenters. The van der Waals surface area contributed by atoms with Crippen molar-refractivity contribution in [2.75, 3.05) is 19.8 Å². The number of aryl methyl sites for hydroxylation is 1. The Morgan fingerprint density at radius 1 is 1.33 bits per heavy atom. The molecular formula is C15H22BrNO. The molecule has 18 heavy (non-hydrogen) atoms. The molecule has 1 fully saturated rings. The van der Waals surface area contributed by atoms with Crippen LogP contribution in [0.5, 0.6) is 0 Å². The maximum Gasteiger partial charge on any atom is 0.0469 e. The van der Waals surface area contributed by atoms with Crippen molar-refractivity contribution < 1.29 is 4.74 Å². The molecule has 0 aromatic heterocycles. The summed E-state index contributed by atoms with van der Waals surface area (Å²) in [6.45, 7) is 7.14. The molecule has 0 amide bonds. The summed E-state index contributed by atoms with van der Waals surface area (Å²) in [6, 6.07) is 7.16. The average Bonchev–Trinajstić information content (AvgIpc) is 2.36. The van der Waals surface area contributed by atoms with Crippen LogP contribution in [-0.4, -0.2) is 19.8 Å². The van der Waals surface area contributed by atoms with Crippen LogP contribution in [0.3, 0.4) is 0 Å². The molecule has 1 aromatic rings. The van der Waals surface area contributed by atoms with Crippen molar-refractivity contribution in [3.8, 4) is 0 Å². The molecule has 1 atom stereocenters. The van der Waals surface area contributed by atoms with E-state index in [1.54, 1.807) is 0 Å². The molecule has 1 aromatic carbocycles. The summed E-state index contributed by atoms with van der Waals surface area (Å²) in [5.74, 6) is 0.687. The van der Waals surface area contributed by atoms with Crippen LogP contribution in [0, 0.1) is 12.8 Å². The van der Waals surface area contributed by atoms with Crippen molar-refractivity contribution in [3.63, 3.8) is 0 Å². The van der Waals surface area contributed by atoms with Crippen molar-refractivity contribution in [2.24, 2.45) is 5.92 Å². The lowest BCUT2D eigenvalue weighted by Crippen LogP contribution is -2.32. The average molecular weight is 312 g/mol. The van der Waals surface area contributed by atoms with E-state index in [0.29, 0.717) is 12.0 Å². The highest BCUT2D eigenvalue weighted by Crippen LogP contribution is 2.31. The van der Waals surface area contributed by atoms with Crippen LogP contribution in [0.15, 0.2) is 22.7 Å². The van der Waals surface area contributed by atoms with E-state index in [2.05, 4.69) is 53.3 Å². The van der Waals surface area contributed by atoms with E-state index >= 15 is 0 Å². The van der Waals surface area contributed by atoms with Crippen LogP contribution in [-0.2, 0) is 4.74 Å². The summed E-state index contributed by atoms with van der Waals surface area (Å²) in [5, 5.41) is 3.65. The lowest BCUT2D eigenvalue weighted by atomic mass is 9.86. The van der Waals surface area contributed by atoms with E-state index in [1.807, 2.05) is 0 Å². The van der Waals surface area contributed by atoms with Gasteiger partial charge in [0.1, 0.15) is 0 Å². The SMILES string of the molecule is CCNC(c1cc(C)cc(Br)c1)C1CCOCC1. The van der Waals surface area contributed by atoms with Crippen molar-refractivity contribution in [3.05, 3.63) is 33.8 Å². The molecule has 100 valence electrons. The Morgan fingerprint density at radius 2 is 2.06 bits per heavy atom. The first-order valence-corrected chi connectivity index (χ1v) is 7.58. The van der Waals surface area contributed by atoms with Gasteiger partial charge in [-0.15, -0.1) is 0 Å². The second-order valence-electron chi connectivity index (χ2n) is 5.05. The number of hydrogen-bond acceptors (Lipinski definition) is 2. The minimum atomic E-state index is 0.454. The van der Waals surface area contributed by atoms with Gasteiger partial charge in [0.25, 0.3) is 0 Å². The Morgan fingerprint density at radius 3 is 2.67 bits per heavy atom. The molecule has 1 aliphatic rings. The molecule has 0 radical (unpaired) electrons. The van der Waals surface area contributed by atoms with Crippen molar-refractivity contribution in [1.82, 2.24) is 5.32 Å². The van der Waals surface area contributed by atoms with E-state index < -0.39 is 0 Å². The van der Waals surface area contributed by atoms with Gasteiger partial charge in [-0.1, -0.05) is 28.9 Å². The summed E-state index contributed by atoms with van der Waals surface area (Å²) in [7, 11) is 0. The second kappa shape index (κ2) is 6.69. The summed E-state index contributed by atoms with van der Waals surface area (Å²) in [4.78, 5) is 0. The van der Waals surface area contributed by atoms with Gasteiger partial charge < -0.3 is 10.1 Å². The van der Waals surface area contributed by atoms with Crippen molar-refractivity contribution in [2.45, 2.75) is 32.7 Å². The van der Waals surface area contributed by atoms with Gasteiger partial charge in [-0.05, 0) is 55.5 Å². The zero-order chi connectivity index (χ0) is 13.0. The van der Waals surface area contributed by atoms with Crippen LogP contribution < -0.4 is 5.32 Å². The van der Waals surface area contributed by atoms with E-state index in [9.17, 15) is 0 Å². The highest BCUT2D eigenvalue weighted by molar-refractivity contribution is 9.10. The van der Waals surface area contributed by atoms with Crippen LogP contribution in [0.4, 0.5) is 0 Å². The lowest BCUT2D eigenvalue weighted by molar-refractivity contribution is 0.0538. The molecule has 0 bridgehead atoms. The standard InChI is InChI=1S/C15H22BrNO/c1-3-17-15(12-4-6-18-7-5-12)13-8-11(2)9-14(16)10-13/h8-10,12,15,17H,3-7H2,1-2H3. The Balaban J connectivity index is 2.22. The van der Waals surface area contributed by atoms with E-state index in [0.717, 1.165) is 32.6 Å². The normalized spacial score (nSPS) is 18.8. The fourth-order valence-corrected chi connectivity index (χ4v) is 3.40. The van der Waals surface area contributed by atoms with Gasteiger partial charge >= 0.3 is 0 Å². The molecule has 2 rings (SSSR count). The Bertz CT molecular complexity index is 368. The molecule has 3 heteroatoms. The molecule has 2 nitrogen and oxygen atoms in total. The first-order valence-electron chi connectivity index (χ1n) is 6.79. The Labute approximate surface area is 118 Å². The first-order chi connectivity index (χ1) is 8.70. The zero-order valence-corrected chi connectivity index (χ0v) is 12.8. The lowest BCUT2D eigenvalue weighted by Gasteiger charge is -2.31. The monoisotopic (exact) mass is 311 g/mol. The molecular weight excluding hydrogens is 290 g/mol. The van der Waals surface area contributed by atoms with Gasteiger partial charge in [0, 0.05) is 23.7 Å². The number of ether oxygens (including phenoxy) is 1. The van der Waals surface area contributed by atoms with Crippen LogP contribution in [0.25, 0.3) is 0 Å². The number of nitrogens with one attached hydrogen (secondary N) is 1. The Kier molecular flexibility index (Phi) is 5.22. The number of hydrogen-bond donors (Lipinski definition) is 1. The molecule has 1 N–H and O–H groups in total. The fraction of sp³-hybridized carbons (Fsp3) is 0.600. The van der Waals surface area contributed by atoms with Gasteiger partial charge in [0.05, 0.1) is 0 Å². The van der Waals surface area contributed by atoms with E-state index in [-0.39, 0.29) is 0 Å². The van der Waals surface area contributed by atoms with E-state index in [1.165, 1.54) is 15.6 Å². The van der Waals surface area contributed by atoms with Gasteiger partial charge in [0.15, 0.2) is 0 Å². The van der Waals surface area contributed by atoms with Gasteiger partial charge in [-0.25, -0.2) is 0 Å². The minimum absolute atomic E-state index is 0.454. The fourth-order valence-electron chi connectivity index (χ4n) is 2.77. The van der Waals surface area contributed by atoms with Gasteiger partial charge in [-0.3, -0.25) is 0 Å². The molecule has 0 saturated carbocycles. The van der Waals surface area contributed by atoms with Crippen LogP contribution in [0.1, 0.15) is 36.9 Å². The third-order valence-corrected chi connectivity index (χ3v) is 4.04. The molecule has 0 spiro atoms. The molecule has 0 aliphatic carbocycles. The largest absolute Gasteiger partial charge is 0.381 e. The van der Waals surface area contributed by atoms with Crippen LogP contribution in [0.2, 0.25) is 0 Å². The van der Waals surface area contributed by atoms with Crippen molar-refractivity contribution >= 4 is 15.9 Å². The highest BCUT2D eigenvalue weighted by atomic mass is 79.9.